The zero-order valence-corrected chi connectivity index (χ0v) is 12.3. The fraction of sp³-hybridized carbons (Fsp3) is 0.176. The normalized spacial score (nSPS) is 13.4. The van der Waals surface area contributed by atoms with Crippen LogP contribution in [0, 0.1) is 11.3 Å². The van der Waals surface area contributed by atoms with Gasteiger partial charge in [0.05, 0.1) is 11.1 Å². The third kappa shape index (κ3) is 2.79. The van der Waals surface area contributed by atoms with Gasteiger partial charge in [0.15, 0.2) is 0 Å². The van der Waals surface area contributed by atoms with E-state index in [1.165, 1.54) is 11.8 Å². The van der Waals surface area contributed by atoms with E-state index in [4.69, 9.17) is 0 Å². The smallest absolute Gasteiger partial charge is 0.255 e. The van der Waals surface area contributed by atoms with Crippen LogP contribution in [0.2, 0.25) is 0 Å². The van der Waals surface area contributed by atoms with Gasteiger partial charge >= 0.3 is 0 Å². The summed E-state index contributed by atoms with van der Waals surface area (Å²) in [4.78, 5) is 16.1. The summed E-state index contributed by atoms with van der Waals surface area (Å²) in [6, 6.07) is 17.2. The molecule has 3 nitrogen and oxygen atoms in total. The molecule has 0 aromatic heterocycles. The van der Waals surface area contributed by atoms with Crippen molar-refractivity contribution >= 4 is 17.7 Å². The second-order valence-electron chi connectivity index (χ2n) is 4.85. The highest BCUT2D eigenvalue weighted by Crippen LogP contribution is 2.33. The van der Waals surface area contributed by atoms with E-state index in [1.54, 1.807) is 6.07 Å². The van der Waals surface area contributed by atoms with Crippen molar-refractivity contribution in [3.63, 3.8) is 0 Å². The number of carbonyl (C=O) groups is 1. The molecular formula is C17H14N2OS. The largest absolute Gasteiger partial charge is 0.338 e. The van der Waals surface area contributed by atoms with Gasteiger partial charge in [-0.25, -0.2) is 0 Å². The number of benzene rings is 2. The first-order valence-electron chi connectivity index (χ1n) is 6.85. The number of hydrogen-bond acceptors (Lipinski definition) is 3. The van der Waals surface area contributed by atoms with Crippen LogP contribution < -0.4 is 0 Å². The molecule has 2 aromatic rings. The van der Waals surface area contributed by atoms with E-state index >= 15 is 0 Å². The molecule has 1 fully saturated rings. The van der Waals surface area contributed by atoms with Crippen LogP contribution in [0.3, 0.4) is 0 Å². The minimum atomic E-state index is 0.0822. The molecule has 0 atom stereocenters. The Bertz CT molecular complexity index is 717. The van der Waals surface area contributed by atoms with Gasteiger partial charge in [-0.2, -0.15) is 5.26 Å². The van der Waals surface area contributed by atoms with Crippen molar-refractivity contribution in [2.75, 3.05) is 13.1 Å². The Balaban J connectivity index is 1.92. The van der Waals surface area contributed by atoms with E-state index in [2.05, 4.69) is 6.07 Å². The summed E-state index contributed by atoms with van der Waals surface area (Å²) in [6.45, 7) is 1.68. The number of likely N-dealkylation sites (tertiary alicyclic amines) is 1. The maximum atomic E-state index is 12.4. The van der Waals surface area contributed by atoms with Crippen molar-refractivity contribution in [2.45, 2.75) is 16.2 Å². The molecule has 0 unspecified atom stereocenters. The lowest BCUT2D eigenvalue weighted by molar-refractivity contribution is 0.0648. The maximum Gasteiger partial charge on any atom is 0.255 e. The van der Waals surface area contributed by atoms with Crippen molar-refractivity contribution in [2.24, 2.45) is 0 Å². The Labute approximate surface area is 128 Å². The number of nitriles is 1. The zero-order chi connectivity index (χ0) is 14.7. The number of nitrogens with zero attached hydrogens (tertiary/aromatic N) is 2. The molecule has 21 heavy (non-hydrogen) atoms. The van der Waals surface area contributed by atoms with Crippen LogP contribution in [0.1, 0.15) is 22.3 Å². The Morgan fingerprint density at radius 2 is 1.71 bits per heavy atom. The molecule has 0 radical (unpaired) electrons. The first kappa shape index (κ1) is 13.7. The fourth-order valence-electron chi connectivity index (χ4n) is 2.19. The number of carbonyl (C=O) groups excluding carboxylic acids is 1. The van der Waals surface area contributed by atoms with Gasteiger partial charge in [-0.15, -0.1) is 0 Å². The third-order valence-electron chi connectivity index (χ3n) is 3.49. The Kier molecular flexibility index (Phi) is 3.94. The van der Waals surface area contributed by atoms with E-state index in [0.29, 0.717) is 5.56 Å². The van der Waals surface area contributed by atoms with E-state index in [1.807, 2.05) is 47.4 Å². The van der Waals surface area contributed by atoms with Crippen LogP contribution in [0.25, 0.3) is 0 Å². The van der Waals surface area contributed by atoms with Crippen LogP contribution in [0.5, 0.6) is 0 Å². The molecular weight excluding hydrogens is 280 g/mol. The summed E-state index contributed by atoms with van der Waals surface area (Å²) in [6.07, 6.45) is 1.08. The third-order valence-corrected chi connectivity index (χ3v) is 4.64. The summed E-state index contributed by atoms with van der Waals surface area (Å²) in [5.74, 6) is 0.0822. The van der Waals surface area contributed by atoms with E-state index in [-0.39, 0.29) is 5.91 Å². The van der Waals surface area contributed by atoms with Crippen LogP contribution >= 0.6 is 11.8 Å². The predicted molar refractivity (Wildman–Crippen MR) is 82.2 cm³/mol. The summed E-state index contributed by atoms with van der Waals surface area (Å²) in [7, 11) is 0. The molecule has 1 aliphatic heterocycles. The van der Waals surface area contributed by atoms with E-state index in [9.17, 15) is 10.1 Å². The first-order valence-corrected chi connectivity index (χ1v) is 7.66. The second-order valence-corrected chi connectivity index (χ2v) is 5.94. The maximum absolute atomic E-state index is 12.4. The quantitative estimate of drug-likeness (QED) is 0.869. The van der Waals surface area contributed by atoms with Crippen molar-refractivity contribution in [1.29, 1.82) is 5.26 Å². The van der Waals surface area contributed by atoms with Crippen molar-refractivity contribution < 1.29 is 4.79 Å². The summed E-state index contributed by atoms with van der Waals surface area (Å²) < 4.78 is 0. The summed E-state index contributed by atoms with van der Waals surface area (Å²) >= 11 is 1.48. The van der Waals surface area contributed by atoms with Gasteiger partial charge in [-0.3, -0.25) is 4.79 Å². The minimum absolute atomic E-state index is 0.0822. The van der Waals surface area contributed by atoms with Crippen molar-refractivity contribution in [3.8, 4) is 6.07 Å². The molecule has 3 rings (SSSR count). The standard InChI is InChI=1S/C17H14N2OS/c18-12-13-6-1-3-8-15(13)21-16-9-4-2-7-14(16)17(20)19-10-5-11-19/h1-4,6-9H,5,10-11H2. The zero-order valence-electron chi connectivity index (χ0n) is 11.5. The predicted octanol–water partition coefficient (Wildman–Crippen LogP) is 3.56. The lowest BCUT2D eigenvalue weighted by atomic mass is 10.1. The molecule has 104 valence electrons. The van der Waals surface area contributed by atoms with Crippen LogP contribution in [0.4, 0.5) is 0 Å². The van der Waals surface area contributed by atoms with E-state index in [0.717, 1.165) is 34.9 Å². The molecule has 0 bridgehead atoms. The molecule has 4 heteroatoms. The number of rotatable bonds is 3. The Morgan fingerprint density at radius 3 is 2.38 bits per heavy atom. The van der Waals surface area contributed by atoms with E-state index < -0.39 is 0 Å². The van der Waals surface area contributed by atoms with Gasteiger partial charge in [0.1, 0.15) is 6.07 Å². The highest BCUT2D eigenvalue weighted by atomic mass is 32.2. The highest BCUT2D eigenvalue weighted by molar-refractivity contribution is 7.99. The van der Waals surface area contributed by atoms with Crippen LogP contribution in [-0.4, -0.2) is 23.9 Å². The molecule has 0 N–H and O–H groups in total. The average Bonchev–Trinajstić information content (AvgIpc) is 2.46. The lowest BCUT2D eigenvalue weighted by Gasteiger charge is -2.31. The highest BCUT2D eigenvalue weighted by Gasteiger charge is 2.23. The number of amides is 1. The monoisotopic (exact) mass is 294 g/mol. The molecule has 1 aliphatic rings. The topological polar surface area (TPSA) is 44.1 Å². The van der Waals surface area contributed by atoms with Gasteiger partial charge in [-0.1, -0.05) is 36.0 Å². The number of hydrogen-bond donors (Lipinski definition) is 0. The molecule has 0 saturated carbocycles. The van der Waals surface area contributed by atoms with Crippen molar-refractivity contribution in [3.05, 3.63) is 59.7 Å². The van der Waals surface area contributed by atoms with Crippen LogP contribution in [-0.2, 0) is 0 Å². The average molecular weight is 294 g/mol. The minimum Gasteiger partial charge on any atom is -0.338 e. The Hall–Kier alpha value is -2.25. The molecule has 1 amide bonds. The first-order chi connectivity index (χ1) is 10.3. The lowest BCUT2D eigenvalue weighted by Crippen LogP contribution is -2.42. The molecule has 0 spiro atoms. The van der Waals surface area contributed by atoms with Gasteiger partial charge in [-0.05, 0) is 30.7 Å². The van der Waals surface area contributed by atoms with Gasteiger partial charge in [0.2, 0.25) is 0 Å². The SMILES string of the molecule is N#Cc1ccccc1Sc1ccccc1C(=O)N1CCC1. The molecule has 0 aliphatic carbocycles. The Morgan fingerprint density at radius 1 is 1.05 bits per heavy atom. The summed E-state index contributed by atoms with van der Waals surface area (Å²) in [5, 5.41) is 9.17. The van der Waals surface area contributed by atoms with Gasteiger partial charge < -0.3 is 4.90 Å². The summed E-state index contributed by atoms with van der Waals surface area (Å²) in [5.41, 5.74) is 1.35. The van der Waals surface area contributed by atoms with Crippen LogP contribution in [0.15, 0.2) is 58.3 Å². The second kappa shape index (κ2) is 6.02. The molecule has 2 aromatic carbocycles. The van der Waals surface area contributed by atoms with Gasteiger partial charge in [0, 0.05) is 22.9 Å². The molecule has 1 heterocycles. The molecule has 1 saturated heterocycles. The van der Waals surface area contributed by atoms with Gasteiger partial charge in [0.25, 0.3) is 5.91 Å². The van der Waals surface area contributed by atoms with Crippen molar-refractivity contribution in [1.82, 2.24) is 4.90 Å². The fourth-order valence-corrected chi connectivity index (χ4v) is 3.21.